The van der Waals surface area contributed by atoms with E-state index in [1.165, 1.54) is 0 Å². The molecule has 0 aliphatic heterocycles. The smallest absolute Gasteiger partial charge is 0.149 e. The van der Waals surface area contributed by atoms with E-state index in [0.29, 0.717) is 5.35 Å². The fraction of sp³-hybridized carbons (Fsp3) is 0. The van der Waals surface area contributed by atoms with Crippen LogP contribution in [-0.2, 0) is 0 Å². The third-order valence-electron chi connectivity index (χ3n) is 4.29. The Morgan fingerprint density at radius 2 is 1.59 bits per heavy atom. The molecule has 22 heavy (non-hydrogen) atoms. The van der Waals surface area contributed by atoms with E-state index in [1.54, 1.807) is 0 Å². The predicted octanol–water partition coefficient (Wildman–Crippen LogP) is 3.69. The highest BCUT2D eigenvalue weighted by Crippen LogP contribution is 2.30. The lowest BCUT2D eigenvalue weighted by Gasteiger charge is -2.01. The number of hydrogen-bond acceptors (Lipinski definition) is 2. The highest BCUT2D eigenvalue weighted by atomic mass is 16.3. The zero-order chi connectivity index (χ0) is 14.7. The SMILES string of the molecule is OC1=c2[nH]c3cccc4cccc(nc2-c2ccccc21)c43. The first-order valence-electron chi connectivity index (χ1n) is 7.24. The Labute approximate surface area is 126 Å². The van der Waals surface area contributed by atoms with Crippen molar-refractivity contribution >= 4 is 27.6 Å². The third kappa shape index (κ3) is 1.37. The lowest BCUT2D eigenvalue weighted by Crippen LogP contribution is -2.08. The van der Waals surface area contributed by atoms with Crippen LogP contribution in [0.2, 0.25) is 0 Å². The molecule has 0 unspecified atom stereocenters. The molecular formula is C19H12N2O. The summed E-state index contributed by atoms with van der Waals surface area (Å²) < 4.78 is 0. The number of aromatic nitrogens is 2. The van der Waals surface area contributed by atoms with E-state index in [1.807, 2.05) is 48.5 Å². The lowest BCUT2D eigenvalue weighted by molar-refractivity contribution is 0.508. The van der Waals surface area contributed by atoms with Gasteiger partial charge in [0.25, 0.3) is 0 Å². The van der Waals surface area contributed by atoms with Crippen LogP contribution in [0.15, 0.2) is 60.7 Å². The Balaban J connectivity index is 2.10. The van der Waals surface area contributed by atoms with Crippen molar-refractivity contribution in [1.29, 1.82) is 0 Å². The third-order valence-corrected chi connectivity index (χ3v) is 4.29. The van der Waals surface area contributed by atoms with Gasteiger partial charge in [-0.15, -0.1) is 0 Å². The number of aliphatic hydroxyl groups excluding tert-OH is 1. The zero-order valence-corrected chi connectivity index (χ0v) is 11.7. The number of aliphatic hydroxyl groups is 1. The Morgan fingerprint density at radius 1 is 0.818 bits per heavy atom. The highest BCUT2D eigenvalue weighted by molar-refractivity contribution is 6.07. The van der Waals surface area contributed by atoms with Gasteiger partial charge in [-0.3, -0.25) is 0 Å². The second kappa shape index (κ2) is 3.98. The molecule has 0 saturated heterocycles. The van der Waals surface area contributed by atoms with Crippen molar-refractivity contribution in [2.24, 2.45) is 0 Å². The minimum absolute atomic E-state index is 0.263. The fourth-order valence-corrected chi connectivity index (χ4v) is 3.29. The van der Waals surface area contributed by atoms with Gasteiger partial charge in [-0.1, -0.05) is 48.5 Å². The summed E-state index contributed by atoms with van der Waals surface area (Å²) in [6.45, 7) is 0. The van der Waals surface area contributed by atoms with Crippen LogP contribution in [0.1, 0.15) is 5.56 Å². The van der Waals surface area contributed by atoms with E-state index >= 15 is 0 Å². The zero-order valence-electron chi connectivity index (χ0n) is 11.7. The van der Waals surface area contributed by atoms with Crippen LogP contribution in [0.4, 0.5) is 0 Å². The Hall–Kier alpha value is -3.07. The molecule has 1 aliphatic carbocycles. The van der Waals surface area contributed by atoms with Crippen molar-refractivity contribution in [3.05, 3.63) is 71.6 Å². The first-order valence-corrected chi connectivity index (χ1v) is 7.24. The van der Waals surface area contributed by atoms with E-state index in [-0.39, 0.29) is 5.76 Å². The van der Waals surface area contributed by atoms with Crippen LogP contribution in [0.3, 0.4) is 0 Å². The van der Waals surface area contributed by atoms with Crippen molar-refractivity contribution in [2.75, 3.05) is 0 Å². The summed E-state index contributed by atoms with van der Waals surface area (Å²) in [5.74, 6) is 0.263. The van der Waals surface area contributed by atoms with E-state index < -0.39 is 0 Å². The summed E-state index contributed by atoms with van der Waals surface area (Å²) in [7, 11) is 0. The van der Waals surface area contributed by atoms with Gasteiger partial charge in [-0.05, 0) is 17.5 Å². The number of H-pyrrole nitrogens is 1. The predicted molar refractivity (Wildman–Crippen MR) is 88.2 cm³/mol. The Bertz CT molecular complexity index is 1130. The largest absolute Gasteiger partial charge is 0.505 e. The quantitative estimate of drug-likeness (QED) is 0.517. The van der Waals surface area contributed by atoms with Crippen molar-refractivity contribution in [1.82, 2.24) is 9.97 Å². The van der Waals surface area contributed by atoms with Gasteiger partial charge >= 0.3 is 0 Å². The summed E-state index contributed by atoms with van der Waals surface area (Å²) in [6, 6.07) is 20.0. The van der Waals surface area contributed by atoms with Crippen LogP contribution in [0.5, 0.6) is 0 Å². The molecular weight excluding hydrogens is 272 g/mol. The maximum absolute atomic E-state index is 10.6. The lowest BCUT2D eigenvalue weighted by atomic mass is 10.1. The van der Waals surface area contributed by atoms with Crippen LogP contribution in [0.25, 0.3) is 38.8 Å². The van der Waals surface area contributed by atoms with E-state index in [0.717, 1.165) is 38.6 Å². The minimum atomic E-state index is 0.263. The number of benzene rings is 3. The molecule has 5 rings (SSSR count). The summed E-state index contributed by atoms with van der Waals surface area (Å²) in [6.07, 6.45) is 0. The molecule has 3 nitrogen and oxygen atoms in total. The van der Waals surface area contributed by atoms with Gasteiger partial charge in [-0.25, -0.2) is 4.98 Å². The number of nitrogens with one attached hydrogen (secondary N) is 1. The molecule has 0 radical (unpaired) electrons. The normalized spacial score (nSPS) is 12.6. The average Bonchev–Trinajstić information content (AvgIpc) is 2.71. The molecule has 4 aromatic rings. The Kier molecular flexibility index (Phi) is 2.09. The second-order valence-corrected chi connectivity index (χ2v) is 5.54. The number of fused-ring (bicyclic) bond motifs is 3. The molecule has 0 spiro atoms. The van der Waals surface area contributed by atoms with Gasteiger partial charge < -0.3 is 10.1 Å². The maximum Gasteiger partial charge on any atom is 0.149 e. The van der Waals surface area contributed by atoms with Crippen molar-refractivity contribution in [3.8, 4) is 11.3 Å². The molecule has 1 aliphatic rings. The molecule has 2 N–H and O–H groups in total. The molecule has 1 heterocycles. The van der Waals surface area contributed by atoms with Gasteiger partial charge in [0.05, 0.1) is 11.2 Å². The van der Waals surface area contributed by atoms with Gasteiger partial charge in [0.15, 0.2) is 0 Å². The van der Waals surface area contributed by atoms with Crippen molar-refractivity contribution < 1.29 is 5.11 Å². The van der Waals surface area contributed by atoms with Gasteiger partial charge in [0, 0.05) is 22.0 Å². The van der Waals surface area contributed by atoms with Crippen LogP contribution in [0, 0.1) is 0 Å². The number of hydrogen-bond donors (Lipinski definition) is 2. The summed E-state index contributed by atoms with van der Waals surface area (Å²) in [5, 5.41) is 13.5. The average molecular weight is 284 g/mol. The van der Waals surface area contributed by atoms with Crippen molar-refractivity contribution in [2.45, 2.75) is 0 Å². The molecule has 0 saturated carbocycles. The van der Waals surface area contributed by atoms with Gasteiger partial charge in [0.1, 0.15) is 11.1 Å². The first-order chi connectivity index (χ1) is 10.8. The van der Waals surface area contributed by atoms with Crippen LogP contribution < -0.4 is 5.35 Å². The number of aromatic amines is 1. The molecule has 0 fully saturated rings. The fourth-order valence-electron chi connectivity index (χ4n) is 3.29. The monoisotopic (exact) mass is 284 g/mol. The Morgan fingerprint density at radius 3 is 2.45 bits per heavy atom. The van der Waals surface area contributed by atoms with E-state index in [2.05, 4.69) is 17.1 Å². The maximum atomic E-state index is 10.6. The standard InChI is InChI=1S/C19H12N2O/c22-19-13-8-2-1-7-12(13)17-18(19)21-15-10-4-6-11-5-3-9-14(20-17)16(11)15/h1-10,21-22H. The van der Waals surface area contributed by atoms with Crippen LogP contribution >= 0.6 is 0 Å². The summed E-state index contributed by atoms with van der Waals surface area (Å²) in [5.41, 5.74) is 4.50. The topological polar surface area (TPSA) is 48.9 Å². The minimum Gasteiger partial charge on any atom is -0.505 e. The molecule has 3 heteroatoms. The van der Waals surface area contributed by atoms with E-state index in [9.17, 15) is 5.11 Å². The highest BCUT2D eigenvalue weighted by Gasteiger charge is 2.20. The molecule has 3 aromatic carbocycles. The van der Waals surface area contributed by atoms with E-state index in [4.69, 9.17) is 4.98 Å². The second-order valence-electron chi connectivity index (χ2n) is 5.54. The van der Waals surface area contributed by atoms with Gasteiger partial charge in [-0.2, -0.15) is 0 Å². The van der Waals surface area contributed by atoms with Gasteiger partial charge in [0.2, 0.25) is 0 Å². The molecule has 1 aromatic heterocycles. The number of rotatable bonds is 0. The molecule has 0 atom stereocenters. The van der Waals surface area contributed by atoms with Crippen LogP contribution in [-0.4, -0.2) is 15.1 Å². The molecule has 104 valence electrons. The molecule has 0 amide bonds. The number of nitrogens with zero attached hydrogens (tertiary/aromatic N) is 1. The summed E-state index contributed by atoms with van der Waals surface area (Å²) >= 11 is 0. The summed E-state index contributed by atoms with van der Waals surface area (Å²) in [4.78, 5) is 8.23. The van der Waals surface area contributed by atoms with Crippen molar-refractivity contribution in [3.63, 3.8) is 0 Å². The first kappa shape index (κ1) is 11.6. The molecule has 0 bridgehead atoms.